The lowest BCUT2D eigenvalue weighted by molar-refractivity contribution is -0.135. The predicted octanol–water partition coefficient (Wildman–Crippen LogP) is 0.529. The van der Waals surface area contributed by atoms with Gasteiger partial charge in [-0.15, -0.1) is 0 Å². The number of amides is 1. The topological polar surface area (TPSA) is 50.4 Å². The third kappa shape index (κ3) is 2.09. The highest BCUT2D eigenvalue weighted by Gasteiger charge is 2.41. The van der Waals surface area contributed by atoms with E-state index in [9.17, 15) is 4.79 Å². The van der Waals surface area contributed by atoms with Gasteiger partial charge in [0.1, 0.15) is 0 Å². The number of hydrogen-bond donors (Lipinski definition) is 2. The Morgan fingerprint density at radius 2 is 2.25 bits per heavy atom. The van der Waals surface area contributed by atoms with E-state index in [0.29, 0.717) is 0 Å². The number of nitrogens with one attached hydrogen (secondary N) is 2. The van der Waals surface area contributed by atoms with Gasteiger partial charge in [-0.2, -0.15) is 0 Å². The van der Waals surface area contributed by atoms with Crippen LogP contribution in [0.3, 0.4) is 0 Å². The third-order valence-corrected chi connectivity index (χ3v) is 3.98. The van der Waals surface area contributed by atoms with Gasteiger partial charge >= 0.3 is 0 Å². The first-order chi connectivity index (χ1) is 7.60. The van der Waals surface area contributed by atoms with Gasteiger partial charge in [0.05, 0.1) is 18.6 Å². The lowest BCUT2D eigenvalue weighted by Crippen LogP contribution is -2.52. The zero-order chi connectivity index (χ0) is 11.6. The molecule has 2 aliphatic rings. The monoisotopic (exact) mass is 226 g/mol. The summed E-state index contributed by atoms with van der Waals surface area (Å²) in [5.41, 5.74) is -0.00239. The number of hydrogen-bond acceptors (Lipinski definition) is 3. The van der Waals surface area contributed by atoms with Crippen molar-refractivity contribution in [1.29, 1.82) is 0 Å². The molecule has 2 saturated heterocycles. The molecule has 4 heteroatoms. The van der Waals surface area contributed by atoms with E-state index in [-0.39, 0.29) is 16.7 Å². The van der Waals surface area contributed by atoms with Crippen molar-refractivity contribution in [3.05, 3.63) is 0 Å². The van der Waals surface area contributed by atoms with E-state index in [2.05, 4.69) is 24.5 Å². The molecule has 4 nitrogen and oxygen atoms in total. The Morgan fingerprint density at radius 3 is 2.69 bits per heavy atom. The maximum atomic E-state index is 12.2. The minimum absolute atomic E-state index is 0.163. The molecule has 2 N–H and O–H groups in total. The van der Waals surface area contributed by atoms with Crippen molar-refractivity contribution in [2.75, 3.05) is 32.8 Å². The summed E-state index contributed by atoms with van der Waals surface area (Å²) in [5.74, 6) is 0.216. The van der Waals surface area contributed by atoms with E-state index in [0.717, 1.165) is 45.7 Å². The highest BCUT2D eigenvalue weighted by molar-refractivity contribution is 5.83. The molecule has 2 rings (SSSR count). The smallest absolute Gasteiger partial charge is 0.227 e. The zero-order valence-corrected chi connectivity index (χ0v) is 10.3. The average molecular weight is 226 g/mol. The molecule has 1 amide bonds. The summed E-state index contributed by atoms with van der Waals surface area (Å²) in [5, 5.41) is 6.38. The fourth-order valence-corrected chi connectivity index (χ4v) is 2.43. The Hall–Kier alpha value is -0.610. The first-order valence-electron chi connectivity index (χ1n) is 6.17. The molecule has 0 aliphatic carbocycles. The van der Waals surface area contributed by atoms with Crippen LogP contribution in [0.15, 0.2) is 0 Å². The van der Waals surface area contributed by atoms with Crippen molar-refractivity contribution in [2.45, 2.75) is 26.7 Å². The molecule has 1 atom stereocenters. The van der Waals surface area contributed by atoms with Crippen molar-refractivity contribution < 1.29 is 9.53 Å². The van der Waals surface area contributed by atoms with Crippen molar-refractivity contribution in [3.8, 4) is 0 Å². The van der Waals surface area contributed by atoms with Crippen LogP contribution < -0.4 is 10.6 Å². The Morgan fingerprint density at radius 1 is 1.50 bits per heavy atom. The third-order valence-electron chi connectivity index (χ3n) is 3.98. The van der Waals surface area contributed by atoms with Gasteiger partial charge in [0.25, 0.3) is 0 Å². The summed E-state index contributed by atoms with van der Waals surface area (Å²) in [6, 6.07) is 0. The Labute approximate surface area is 97.1 Å². The van der Waals surface area contributed by atoms with Crippen LogP contribution in [0.2, 0.25) is 0 Å². The van der Waals surface area contributed by atoms with Crippen molar-refractivity contribution >= 4 is 5.91 Å². The summed E-state index contributed by atoms with van der Waals surface area (Å²) in [6.45, 7) is 8.32. The van der Waals surface area contributed by atoms with Gasteiger partial charge in [0, 0.05) is 18.5 Å². The van der Waals surface area contributed by atoms with Gasteiger partial charge < -0.3 is 15.4 Å². The normalized spacial score (nSPS) is 32.1. The lowest BCUT2D eigenvalue weighted by atomic mass is 9.82. The number of carbonyl (C=O) groups excluding carboxylic acids is 1. The maximum Gasteiger partial charge on any atom is 0.227 e. The minimum atomic E-state index is -0.166. The summed E-state index contributed by atoms with van der Waals surface area (Å²) in [4.78, 5) is 12.2. The molecule has 16 heavy (non-hydrogen) atoms. The molecule has 2 aliphatic heterocycles. The molecular weight excluding hydrogens is 204 g/mol. The Balaban J connectivity index is 1.86. The molecule has 0 aromatic rings. The van der Waals surface area contributed by atoms with E-state index >= 15 is 0 Å². The molecule has 0 saturated carbocycles. The zero-order valence-electron chi connectivity index (χ0n) is 10.3. The van der Waals surface area contributed by atoms with Crippen molar-refractivity contribution in [2.24, 2.45) is 10.8 Å². The molecule has 2 heterocycles. The molecule has 2 fully saturated rings. The molecule has 0 aromatic carbocycles. The van der Waals surface area contributed by atoms with Gasteiger partial charge in [-0.25, -0.2) is 0 Å². The summed E-state index contributed by atoms with van der Waals surface area (Å²) in [7, 11) is 0. The Bertz CT molecular complexity index is 268. The SMILES string of the molecule is CCC1(C(=O)NCC2(C)COC2)CCNC1. The molecule has 92 valence electrons. The second-order valence-electron chi connectivity index (χ2n) is 5.55. The first kappa shape index (κ1) is 11.9. The van der Waals surface area contributed by atoms with Crippen LogP contribution >= 0.6 is 0 Å². The van der Waals surface area contributed by atoms with E-state index in [1.54, 1.807) is 0 Å². The second kappa shape index (κ2) is 4.34. The number of ether oxygens (including phenoxy) is 1. The van der Waals surface area contributed by atoms with Gasteiger partial charge in [0.15, 0.2) is 0 Å². The number of rotatable bonds is 4. The molecule has 0 spiro atoms. The minimum Gasteiger partial charge on any atom is -0.380 e. The summed E-state index contributed by atoms with van der Waals surface area (Å²) < 4.78 is 5.18. The first-order valence-corrected chi connectivity index (χ1v) is 6.17. The average Bonchev–Trinajstić information content (AvgIpc) is 2.73. The highest BCUT2D eigenvalue weighted by atomic mass is 16.5. The fourth-order valence-electron chi connectivity index (χ4n) is 2.43. The van der Waals surface area contributed by atoms with Crippen molar-refractivity contribution in [3.63, 3.8) is 0 Å². The standard InChI is InChI=1S/C12H22N2O2/c1-3-12(4-5-13-7-12)10(15)14-6-11(2)8-16-9-11/h13H,3-9H2,1-2H3,(H,14,15). The fraction of sp³-hybridized carbons (Fsp3) is 0.917. The Kier molecular flexibility index (Phi) is 3.22. The molecular formula is C12H22N2O2. The van der Waals surface area contributed by atoms with Crippen molar-refractivity contribution in [1.82, 2.24) is 10.6 Å². The quantitative estimate of drug-likeness (QED) is 0.735. The van der Waals surface area contributed by atoms with Gasteiger partial charge in [-0.05, 0) is 19.4 Å². The van der Waals surface area contributed by atoms with E-state index in [1.165, 1.54) is 0 Å². The van der Waals surface area contributed by atoms with Crippen LogP contribution in [0.1, 0.15) is 26.7 Å². The molecule has 0 radical (unpaired) electrons. The van der Waals surface area contributed by atoms with Crippen LogP contribution in [-0.4, -0.2) is 38.8 Å². The lowest BCUT2D eigenvalue weighted by Gasteiger charge is -2.39. The largest absolute Gasteiger partial charge is 0.380 e. The van der Waals surface area contributed by atoms with Crippen LogP contribution in [-0.2, 0) is 9.53 Å². The van der Waals surface area contributed by atoms with E-state index < -0.39 is 0 Å². The molecule has 0 bridgehead atoms. The van der Waals surface area contributed by atoms with Crippen LogP contribution in [0.5, 0.6) is 0 Å². The van der Waals surface area contributed by atoms with Gasteiger partial charge in [0.2, 0.25) is 5.91 Å². The highest BCUT2D eigenvalue weighted by Crippen LogP contribution is 2.31. The molecule has 1 unspecified atom stereocenters. The predicted molar refractivity (Wildman–Crippen MR) is 62.1 cm³/mol. The summed E-state index contributed by atoms with van der Waals surface area (Å²) >= 11 is 0. The maximum absolute atomic E-state index is 12.2. The number of carbonyl (C=O) groups is 1. The van der Waals surface area contributed by atoms with Crippen LogP contribution in [0, 0.1) is 10.8 Å². The second-order valence-corrected chi connectivity index (χ2v) is 5.55. The van der Waals surface area contributed by atoms with Crippen LogP contribution in [0.4, 0.5) is 0 Å². The summed E-state index contributed by atoms with van der Waals surface area (Å²) in [6.07, 6.45) is 1.88. The molecule has 0 aromatic heterocycles. The van der Waals surface area contributed by atoms with E-state index in [1.807, 2.05) is 0 Å². The van der Waals surface area contributed by atoms with E-state index in [4.69, 9.17) is 4.74 Å². The van der Waals surface area contributed by atoms with Gasteiger partial charge in [-0.1, -0.05) is 13.8 Å². The van der Waals surface area contributed by atoms with Crippen LogP contribution in [0.25, 0.3) is 0 Å². The van der Waals surface area contributed by atoms with Gasteiger partial charge in [-0.3, -0.25) is 4.79 Å².